The molecule has 1 aromatic carbocycles. The molecular formula is C21H21F2N5O2. The number of benzene rings is 1. The summed E-state index contributed by atoms with van der Waals surface area (Å²) in [6.07, 6.45) is 1.91. The van der Waals surface area contributed by atoms with Crippen LogP contribution in [0.2, 0.25) is 0 Å². The number of rotatable bonds is 8. The lowest BCUT2D eigenvalue weighted by Crippen LogP contribution is -2.04. The summed E-state index contributed by atoms with van der Waals surface area (Å²) in [5.74, 6) is 0.680. The van der Waals surface area contributed by atoms with Crippen molar-refractivity contribution in [3.05, 3.63) is 41.8 Å². The number of pyridine rings is 1. The number of imidazole rings is 1. The van der Waals surface area contributed by atoms with Crippen molar-refractivity contribution in [2.45, 2.75) is 26.7 Å². The Labute approximate surface area is 171 Å². The number of ether oxygens (including phenoxy) is 2. The van der Waals surface area contributed by atoms with E-state index in [4.69, 9.17) is 9.47 Å². The van der Waals surface area contributed by atoms with E-state index in [1.54, 1.807) is 35.6 Å². The van der Waals surface area contributed by atoms with Gasteiger partial charge in [-0.2, -0.15) is 4.98 Å². The maximum atomic E-state index is 14.8. The first-order chi connectivity index (χ1) is 14.6. The molecule has 0 saturated heterocycles. The number of hydrogen-bond acceptors (Lipinski definition) is 6. The van der Waals surface area contributed by atoms with Gasteiger partial charge in [-0.3, -0.25) is 4.40 Å². The highest BCUT2D eigenvalue weighted by molar-refractivity contribution is 5.78. The quantitative estimate of drug-likeness (QED) is 0.402. The van der Waals surface area contributed by atoms with Crippen molar-refractivity contribution in [1.82, 2.24) is 24.6 Å². The molecule has 3 aromatic heterocycles. The van der Waals surface area contributed by atoms with E-state index in [1.807, 2.05) is 0 Å². The minimum atomic E-state index is -0.630. The molecule has 0 aliphatic carbocycles. The number of fused-ring (bicyclic) bond motifs is 3. The van der Waals surface area contributed by atoms with Crippen LogP contribution in [0.4, 0.5) is 8.78 Å². The molecule has 0 radical (unpaired) electrons. The summed E-state index contributed by atoms with van der Waals surface area (Å²) in [5, 5.41) is 8.38. The van der Waals surface area contributed by atoms with Crippen LogP contribution in [0.15, 0.2) is 30.3 Å². The molecular weight excluding hydrogens is 391 g/mol. The van der Waals surface area contributed by atoms with E-state index in [2.05, 4.69) is 27.1 Å². The molecule has 9 heteroatoms. The molecule has 156 valence electrons. The van der Waals surface area contributed by atoms with Gasteiger partial charge >= 0.3 is 0 Å². The topological polar surface area (TPSA) is 74.4 Å². The van der Waals surface area contributed by atoms with Gasteiger partial charge in [0.2, 0.25) is 5.88 Å². The van der Waals surface area contributed by atoms with Gasteiger partial charge in [-0.15, -0.1) is 10.2 Å². The molecule has 0 saturated carbocycles. The number of aryl methyl sites for hydroxylation is 1. The van der Waals surface area contributed by atoms with Crippen molar-refractivity contribution in [3.8, 4) is 23.0 Å². The Bertz CT molecular complexity index is 1200. The molecule has 4 aromatic rings. The molecule has 0 aliphatic heterocycles. The normalized spacial score (nSPS) is 11.3. The maximum Gasteiger partial charge on any atom is 0.215 e. The van der Waals surface area contributed by atoms with Crippen molar-refractivity contribution in [1.29, 1.82) is 0 Å². The molecule has 0 fully saturated rings. The zero-order valence-corrected chi connectivity index (χ0v) is 16.7. The van der Waals surface area contributed by atoms with Gasteiger partial charge in [0, 0.05) is 6.07 Å². The summed E-state index contributed by atoms with van der Waals surface area (Å²) < 4.78 is 39.9. The summed E-state index contributed by atoms with van der Waals surface area (Å²) in [6.45, 7) is 3.65. The lowest BCUT2D eigenvalue weighted by Gasteiger charge is -2.10. The van der Waals surface area contributed by atoms with Crippen LogP contribution in [-0.2, 0) is 0 Å². The maximum absolute atomic E-state index is 14.8. The minimum Gasteiger partial charge on any atom is -0.494 e. The van der Waals surface area contributed by atoms with Crippen LogP contribution in [-0.4, -0.2) is 44.5 Å². The number of hydrogen-bond donors (Lipinski definition) is 0. The fourth-order valence-electron chi connectivity index (χ4n) is 3.11. The Kier molecular flexibility index (Phi) is 5.69. The van der Waals surface area contributed by atoms with Crippen LogP contribution in [0.5, 0.6) is 11.6 Å². The zero-order chi connectivity index (χ0) is 21.1. The van der Waals surface area contributed by atoms with Crippen LogP contribution in [0, 0.1) is 12.7 Å². The van der Waals surface area contributed by atoms with E-state index in [0.717, 1.165) is 12.8 Å². The van der Waals surface area contributed by atoms with E-state index in [1.165, 1.54) is 6.07 Å². The second-order valence-corrected chi connectivity index (χ2v) is 6.75. The van der Waals surface area contributed by atoms with E-state index < -0.39 is 12.5 Å². The SMILES string of the molecule is CCCCOc1ccc(F)c(-c2nc(C)c3nnc4ccc(OCC[18F])nc4n23)c1. The number of alkyl halides is 1. The molecule has 7 nitrogen and oxygen atoms in total. The smallest absolute Gasteiger partial charge is 0.215 e. The van der Waals surface area contributed by atoms with Crippen molar-refractivity contribution >= 4 is 16.8 Å². The molecule has 0 amide bonds. The minimum absolute atomic E-state index is 0.109. The first-order valence-corrected chi connectivity index (χ1v) is 9.76. The number of nitrogens with zero attached hydrogens (tertiary/aromatic N) is 5. The second kappa shape index (κ2) is 8.56. The molecule has 0 atom stereocenters. The molecule has 0 spiro atoms. The third-order valence-electron chi connectivity index (χ3n) is 4.59. The first-order valence-electron chi connectivity index (χ1n) is 9.76. The highest BCUT2D eigenvalue weighted by atomic mass is 19.1. The van der Waals surface area contributed by atoms with Crippen molar-refractivity contribution in [3.63, 3.8) is 0 Å². The van der Waals surface area contributed by atoms with Gasteiger partial charge in [0.25, 0.3) is 0 Å². The summed E-state index contributed by atoms with van der Waals surface area (Å²) in [5.41, 5.74) is 2.16. The Balaban J connectivity index is 1.88. The monoisotopic (exact) mass is 412 g/mol. The van der Waals surface area contributed by atoms with E-state index in [0.29, 0.717) is 40.7 Å². The molecule has 0 bridgehead atoms. The average Bonchev–Trinajstić information content (AvgIpc) is 3.10. The van der Waals surface area contributed by atoms with Crippen LogP contribution in [0.25, 0.3) is 28.2 Å². The summed E-state index contributed by atoms with van der Waals surface area (Å²) in [4.78, 5) is 8.96. The lowest BCUT2D eigenvalue weighted by atomic mass is 10.2. The van der Waals surface area contributed by atoms with Crippen LogP contribution >= 0.6 is 0 Å². The van der Waals surface area contributed by atoms with Crippen LogP contribution in [0.3, 0.4) is 0 Å². The Morgan fingerprint density at radius 3 is 2.67 bits per heavy atom. The Hall–Kier alpha value is -3.36. The molecule has 0 N–H and O–H groups in total. The van der Waals surface area contributed by atoms with Crippen molar-refractivity contribution in [2.24, 2.45) is 0 Å². The molecule has 3 heterocycles. The summed E-state index contributed by atoms with van der Waals surface area (Å²) in [6, 6.07) is 7.82. The fraction of sp³-hybridized carbons (Fsp3) is 0.333. The fourth-order valence-corrected chi connectivity index (χ4v) is 3.11. The summed E-state index contributed by atoms with van der Waals surface area (Å²) >= 11 is 0. The van der Waals surface area contributed by atoms with Gasteiger partial charge in [-0.25, -0.2) is 13.8 Å². The molecule has 0 unspecified atom stereocenters. The van der Waals surface area contributed by atoms with Gasteiger partial charge in [-0.05, 0) is 37.6 Å². The van der Waals surface area contributed by atoms with Gasteiger partial charge in [0.15, 0.2) is 17.1 Å². The van der Waals surface area contributed by atoms with Gasteiger partial charge in [0.1, 0.15) is 30.4 Å². The number of unbranched alkanes of at least 4 members (excludes halogenated alkanes) is 1. The summed E-state index contributed by atoms with van der Waals surface area (Å²) in [7, 11) is 0. The Morgan fingerprint density at radius 1 is 1.00 bits per heavy atom. The van der Waals surface area contributed by atoms with E-state index >= 15 is 0 Å². The average molecular weight is 412 g/mol. The molecule has 4 rings (SSSR count). The highest BCUT2D eigenvalue weighted by Gasteiger charge is 2.19. The highest BCUT2D eigenvalue weighted by Crippen LogP contribution is 2.30. The predicted molar refractivity (Wildman–Crippen MR) is 108 cm³/mol. The molecule has 0 aliphatic rings. The first kappa shape index (κ1) is 19.9. The lowest BCUT2D eigenvalue weighted by molar-refractivity contribution is 0.265. The molecule has 30 heavy (non-hydrogen) atoms. The largest absolute Gasteiger partial charge is 0.494 e. The van der Waals surface area contributed by atoms with E-state index in [9.17, 15) is 8.78 Å². The Morgan fingerprint density at radius 2 is 1.87 bits per heavy atom. The number of aromatic nitrogens is 5. The van der Waals surface area contributed by atoms with E-state index in [-0.39, 0.29) is 18.1 Å². The van der Waals surface area contributed by atoms with Crippen molar-refractivity contribution in [2.75, 3.05) is 19.9 Å². The van der Waals surface area contributed by atoms with Crippen LogP contribution in [0.1, 0.15) is 25.5 Å². The van der Waals surface area contributed by atoms with Gasteiger partial charge in [-0.1, -0.05) is 13.3 Å². The number of halogens is 2. The second-order valence-electron chi connectivity index (χ2n) is 6.75. The van der Waals surface area contributed by atoms with Crippen molar-refractivity contribution < 1.29 is 18.3 Å². The zero-order valence-electron chi connectivity index (χ0n) is 16.7. The predicted octanol–water partition coefficient (Wildman–Crippen LogP) is 4.31. The standard InChI is InChI=1S/C21H21F2N5O2/c1-3-4-10-29-14-5-6-16(23)15(12-14)20-24-13(2)19-27-26-17-7-8-18(30-11-9-22)25-21(17)28(19)20/h5-8,12H,3-4,9-11H2,1-2H3/i22-1. The third kappa shape index (κ3) is 3.74. The van der Waals surface area contributed by atoms with Gasteiger partial charge < -0.3 is 9.47 Å². The van der Waals surface area contributed by atoms with Crippen LogP contribution < -0.4 is 9.47 Å². The third-order valence-corrected chi connectivity index (χ3v) is 4.59. The van der Waals surface area contributed by atoms with Gasteiger partial charge in [0.05, 0.1) is 17.9 Å².